The molecule has 116 valence electrons. The fraction of sp³-hybridized carbons (Fsp3) is 0.467. The molecule has 0 atom stereocenters. The summed E-state index contributed by atoms with van der Waals surface area (Å²) in [5.41, 5.74) is 11.9. The number of benzene rings is 1. The molecule has 1 aromatic carbocycles. The fourth-order valence-electron chi connectivity index (χ4n) is 2.78. The smallest absolute Gasteiger partial charge is 0.248 e. The first-order valence-electron chi connectivity index (χ1n) is 6.94. The van der Waals surface area contributed by atoms with Crippen molar-refractivity contribution in [1.82, 2.24) is 5.32 Å². The summed E-state index contributed by atoms with van der Waals surface area (Å²) in [5.74, 6) is -0.450. The topological polar surface area (TPSA) is 98.2 Å². The number of nitrogens with two attached hydrogens (primary N) is 2. The predicted octanol–water partition coefficient (Wildman–Crippen LogP) is 1.34. The van der Waals surface area contributed by atoms with Crippen molar-refractivity contribution >= 4 is 24.2 Å². The molecule has 1 aliphatic rings. The van der Waals surface area contributed by atoms with E-state index in [1.165, 1.54) is 0 Å². The van der Waals surface area contributed by atoms with Gasteiger partial charge in [0.15, 0.2) is 0 Å². The molecule has 1 saturated carbocycles. The molecular weight excluding hydrogens is 290 g/mol. The molecule has 0 unspecified atom stereocenters. The van der Waals surface area contributed by atoms with E-state index in [0.29, 0.717) is 18.7 Å². The maximum absolute atomic E-state index is 12.3. The molecule has 0 saturated heterocycles. The van der Waals surface area contributed by atoms with Crippen LogP contribution in [0, 0.1) is 5.41 Å². The van der Waals surface area contributed by atoms with Crippen LogP contribution in [0.5, 0.6) is 0 Å². The van der Waals surface area contributed by atoms with Crippen molar-refractivity contribution in [3.8, 4) is 0 Å². The van der Waals surface area contributed by atoms with Crippen LogP contribution in [-0.2, 0) is 11.3 Å². The standard InChI is InChI=1S/C15H21N3O2.ClH/c16-10-15(6-1-2-7-15)14(20)18-9-11-4-3-5-12(8-11)13(17)19;/h3-5,8H,1-2,6-7,9-10,16H2,(H2,17,19)(H,18,20);1H. The van der Waals surface area contributed by atoms with E-state index in [-0.39, 0.29) is 18.3 Å². The molecule has 1 fully saturated rings. The van der Waals surface area contributed by atoms with Gasteiger partial charge in [-0.3, -0.25) is 9.59 Å². The van der Waals surface area contributed by atoms with Crippen LogP contribution in [0.2, 0.25) is 0 Å². The third kappa shape index (κ3) is 3.95. The Bertz CT molecular complexity index is 513. The van der Waals surface area contributed by atoms with Crippen molar-refractivity contribution in [1.29, 1.82) is 0 Å². The third-order valence-electron chi connectivity index (χ3n) is 4.10. The molecule has 5 nitrogen and oxygen atoms in total. The highest BCUT2D eigenvalue weighted by atomic mass is 35.5. The van der Waals surface area contributed by atoms with Crippen molar-refractivity contribution in [2.45, 2.75) is 32.2 Å². The van der Waals surface area contributed by atoms with E-state index in [9.17, 15) is 9.59 Å². The second-order valence-electron chi connectivity index (χ2n) is 5.44. The summed E-state index contributed by atoms with van der Waals surface area (Å²) in [6, 6.07) is 6.98. The number of nitrogens with one attached hydrogen (secondary N) is 1. The molecule has 6 heteroatoms. The Balaban J connectivity index is 0.00000220. The van der Waals surface area contributed by atoms with Crippen molar-refractivity contribution in [3.05, 3.63) is 35.4 Å². The van der Waals surface area contributed by atoms with Crippen LogP contribution in [0.15, 0.2) is 24.3 Å². The monoisotopic (exact) mass is 311 g/mol. The summed E-state index contributed by atoms with van der Waals surface area (Å²) < 4.78 is 0. The van der Waals surface area contributed by atoms with Gasteiger partial charge in [0.2, 0.25) is 11.8 Å². The van der Waals surface area contributed by atoms with Crippen molar-refractivity contribution in [2.24, 2.45) is 16.9 Å². The highest BCUT2D eigenvalue weighted by molar-refractivity contribution is 5.92. The van der Waals surface area contributed by atoms with Gasteiger partial charge in [-0.25, -0.2) is 0 Å². The van der Waals surface area contributed by atoms with Gasteiger partial charge >= 0.3 is 0 Å². The lowest BCUT2D eigenvalue weighted by Crippen LogP contribution is -2.43. The Hall–Kier alpha value is -1.59. The summed E-state index contributed by atoms with van der Waals surface area (Å²) in [5, 5.41) is 2.93. The van der Waals surface area contributed by atoms with Gasteiger partial charge in [-0.15, -0.1) is 12.4 Å². The van der Waals surface area contributed by atoms with E-state index in [1.807, 2.05) is 6.07 Å². The number of hydrogen-bond acceptors (Lipinski definition) is 3. The highest BCUT2D eigenvalue weighted by Gasteiger charge is 2.39. The number of rotatable bonds is 5. The van der Waals surface area contributed by atoms with Gasteiger partial charge in [-0.2, -0.15) is 0 Å². The van der Waals surface area contributed by atoms with E-state index in [1.54, 1.807) is 18.2 Å². The first kappa shape index (κ1) is 17.5. The molecule has 0 radical (unpaired) electrons. The minimum absolute atomic E-state index is 0. The van der Waals surface area contributed by atoms with Gasteiger partial charge in [-0.05, 0) is 30.5 Å². The molecular formula is C15H22ClN3O2. The molecule has 2 rings (SSSR count). The zero-order valence-electron chi connectivity index (χ0n) is 11.9. The molecule has 0 heterocycles. The first-order valence-corrected chi connectivity index (χ1v) is 6.94. The van der Waals surface area contributed by atoms with Crippen LogP contribution >= 0.6 is 12.4 Å². The Morgan fingerprint density at radius 2 is 1.90 bits per heavy atom. The van der Waals surface area contributed by atoms with Crippen LogP contribution in [0.25, 0.3) is 0 Å². The number of primary amides is 1. The summed E-state index contributed by atoms with van der Waals surface area (Å²) in [7, 11) is 0. The zero-order valence-corrected chi connectivity index (χ0v) is 12.7. The van der Waals surface area contributed by atoms with E-state index < -0.39 is 11.3 Å². The normalized spacial score (nSPS) is 16.0. The average Bonchev–Trinajstić information content (AvgIpc) is 2.95. The van der Waals surface area contributed by atoms with Gasteiger partial charge in [0, 0.05) is 18.7 Å². The van der Waals surface area contributed by atoms with Gasteiger partial charge < -0.3 is 16.8 Å². The lowest BCUT2D eigenvalue weighted by molar-refractivity contribution is -0.130. The molecule has 1 aliphatic carbocycles. The van der Waals surface area contributed by atoms with Crippen molar-refractivity contribution < 1.29 is 9.59 Å². The number of amides is 2. The largest absolute Gasteiger partial charge is 0.366 e. The zero-order chi connectivity index (χ0) is 14.6. The summed E-state index contributed by atoms with van der Waals surface area (Å²) >= 11 is 0. The SMILES string of the molecule is Cl.NCC1(C(=O)NCc2cccc(C(N)=O)c2)CCCC1. The van der Waals surface area contributed by atoms with E-state index in [2.05, 4.69) is 5.32 Å². The molecule has 21 heavy (non-hydrogen) atoms. The molecule has 0 aliphatic heterocycles. The van der Waals surface area contributed by atoms with Crippen LogP contribution in [0.4, 0.5) is 0 Å². The van der Waals surface area contributed by atoms with Gasteiger partial charge in [0.25, 0.3) is 0 Å². The van der Waals surface area contributed by atoms with Gasteiger partial charge in [0.05, 0.1) is 5.41 Å². The van der Waals surface area contributed by atoms with Gasteiger partial charge in [0.1, 0.15) is 0 Å². The number of halogens is 1. The third-order valence-corrected chi connectivity index (χ3v) is 4.10. The Morgan fingerprint density at radius 1 is 1.24 bits per heavy atom. The minimum Gasteiger partial charge on any atom is -0.366 e. The molecule has 0 spiro atoms. The maximum atomic E-state index is 12.3. The summed E-state index contributed by atoms with van der Waals surface area (Å²) in [6.45, 7) is 0.780. The molecule has 0 bridgehead atoms. The van der Waals surface area contributed by atoms with Crippen LogP contribution < -0.4 is 16.8 Å². The molecule has 2 amide bonds. The van der Waals surface area contributed by atoms with Crippen LogP contribution in [-0.4, -0.2) is 18.4 Å². The van der Waals surface area contributed by atoms with Crippen molar-refractivity contribution in [2.75, 3.05) is 6.54 Å². The van der Waals surface area contributed by atoms with Crippen LogP contribution in [0.1, 0.15) is 41.6 Å². The molecule has 1 aromatic rings. The number of carbonyl (C=O) groups is 2. The maximum Gasteiger partial charge on any atom is 0.248 e. The van der Waals surface area contributed by atoms with Gasteiger partial charge in [-0.1, -0.05) is 25.0 Å². The molecule has 5 N–H and O–H groups in total. The Morgan fingerprint density at radius 3 is 2.48 bits per heavy atom. The van der Waals surface area contributed by atoms with E-state index >= 15 is 0 Å². The van der Waals surface area contributed by atoms with Crippen LogP contribution in [0.3, 0.4) is 0 Å². The average molecular weight is 312 g/mol. The Labute approximate surface area is 130 Å². The second kappa shape index (κ2) is 7.43. The van der Waals surface area contributed by atoms with Crippen molar-refractivity contribution in [3.63, 3.8) is 0 Å². The highest BCUT2D eigenvalue weighted by Crippen LogP contribution is 2.37. The van der Waals surface area contributed by atoms with E-state index in [0.717, 1.165) is 31.2 Å². The molecule has 0 aromatic heterocycles. The quantitative estimate of drug-likeness (QED) is 0.765. The first-order chi connectivity index (χ1) is 9.57. The predicted molar refractivity (Wildman–Crippen MR) is 84.0 cm³/mol. The lowest BCUT2D eigenvalue weighted by Gasteiger charge is -2.25. The number of hydrogen-bond donors (Lipinski definition) is 3. The minimum atomic E-state index is -0.465. The lowest BCUT2D eigenvalue weighted by atomic mass is 9.85. The Kier molecular flexibility index (Phi) is 6.18. The second-order valence-corrected chi connectivity index (χ2v) is 5.44. The van der Waals surface area contributed by atoms with E-state index in [4.69, 9.17) is 11.5 Å². The fourth-order valence-corrected chi connectivity index (χ4v) is 2.78. The summed E-state index contributed by atoms with van der Waals surface area (Å²) in [6.07, 6.45) is 3.83. The number of carbonyl (C=O) groups excluding carboxylic acids is 2. The summed E-state index contributed by atoms with van der Waals surface area (Å²) in [4.78, 5) is 23.4.